The van der Waals surface area contributed by atoms with E-state index in [1.807, 2.05) is 95.9 Å². The first-order chi connectivity index (χ1) is 17.6. The molecule has 3 N–H and O–H groups in total. The third kappa shape index (κ3) is 3.62. The Morgan fingerprint density at radius 3 is 2.42 bits per heavy atom. The Hall–Kier alpha value is -4.77. The maximum absolute atomic E-state index is 14.3. The number of aromatic nitrogens is 1. The Morgan fingerprint density at radius 1 is 0.889 bits per heavy atom. The van der Waals surface area contributed by atoms with Crippen molar-refractivity contribution in [3.8, 4) is 5.75 Å². The standard InChI is InChI=1S/C31H25N3O2/c1-36-22-15-16-24-28(18-22)34(19-20-9-3-2-4-10-20)31(35)30(24)29(23-12-6-7-13-25(23)32)27-17-21-11-5-8-14-26(21)33-27/h2-18,33H,19,32H2,1H3. The van der Waals surface area contributed by atoms with E-state index in [0.29, 0.717) is 23.6 Å². The van der Waals surface area contributed by atoms with Crippen LogP contribution in [0.25, 0.3) is 22.0 Å². The summed E-state index contributed by atoms with van der Waals surface area (Å²) in [5.74, 6) is 0.631. The largest absolute Gasteiger partial charge is 0.497 e. The van der Waals surface area contributed by atoms with Gasteiger partial charge in [0.25, 0.3) is 5.91 Å². The van der Waals surface area contributed by atoms with E-state index in [1.165, 1.54) is 0 Å². The maximum Gasteiger partial charge on any atom is 0.260 e. The molecule has 1 aliphatic heterocycles. The molecule has 0 bridgehead atoms. The summed E-state index contributed by atoms with van der Waals surface area (Å²) < 4.78 is 5.52. The lowest BCUT2D eigenvalue weighted by Gasteiger charge is -2.18. The Kier molecular flexibility index (Phi) is 5.30. The second-order valence-corrected chi connectivity index (χ2v) is 8.87. The zero-order chi connectivity index (χ0) is 24.6. The molecule has 1 aromatic heterocycles. The van der Waals surface area contributed by atoms with E-state index in [1.54, 1.807) is 7.11 Å². The number of carbonyl (C=O) groups excluding carboxylic acids is 1. The third-order valence-corrected chi connectivity index (χ3v) is 6.69. The van der Waals surface area contributed by atoms with Crippen LogP contribution >= 0.6 is 0 Å². The molecule has 36 heavy (non-hydrogen) atoms. The van der Waals surface area contributed by atoms with Gasteiger partial charge in [0.1, 0.15) is 5.75 Å². The first kappa shape index (κ1) is 21.7. The van der Waals surface area contributed by atoms with Crippen molar-refractivity contribution in [3.05, 3.63) is 126 Å². The van der Waals surface area contributed by atoms with Crippen LogP contribution in [0.1, 0.15) is 22.4 Å². The first-order valence-corrected chi connectivity index (χ1v) is 11.9. The van der Waals surface area contributed by atoms with Gasteiger partial charge >= 0.3 is 0 Å². The predicted molar refractivity (Wildman–Crippen MR) is 146 cm³/mol. The predicted octanol–water partition coefficient (Wildman–Crippen LogP) is 6.26. The lowest BCUT2D eigenvalue weighted by atomic mass is 9.92. The number of methoxy groups -OCH3 is 1. The van der Waals surface area contributed by atoms with E-state index in [2.05, 4.69) is 17.1 Å². The second kappa shape index (κ2) is 8.78. The summed E-state index contributed by atoms with van der Waals surface area (Å²) in [4.78, 5) is 19.6. The molecule has 2 heterocycles. The molecule has 4 aromatic carbocycles. The molecule has 0 saturated carbocycles. The van der Waals surface area contributed by atoms with Crippen molar-refractivity contribution in [1.29, 1.82) is 0 Å². The fraction of sp³-hybridized carbons (Fsp3) is 0.0645. The molecule has 5 heteroatoms. The number of benzene rings is 4. The van der Waals surface area contributed by atoms with Gasteiger partial charge in [0.15, 0.2) is 0 Å². The quantitative estimate of drug-likeness (QED) is 0.235. The molecular formula is C31H25N3O2. The summed E-state index contributed by atoms with van der Waals surface area (Å²) in [5, 5.41) is 1.07. The van der Waals surface area contributed by atoms with Crippen molar-refractivity contribution in [3.63, 3.8) is 0 Å². The second-order valence-electron chi connectivity index (χ2n) is 8.87. The molecule has 1 aliphatic rings. The number of nitrogens with zero attached hydrogens (tertiary/aromatic N) is 1. The number of fused-ring (bicyclic) bond motifs is 2. The van der Waals surface area contributed by atoms with Crippen molar-refractivity contribution in [1.82, 2.24) is 4.98 Å². The number of carbonyl (C=O) groups is 1. The van der Waals surface area contributed by atoms with Gasteiger partial charge in [0.2, 0.25) is 0 Å². The van der Waals surface area contributed by atoms with Crippen LogP contribution in [0.2, 0.25) is 0 Å². The van der Waals surface area contributed by atoms with Crippen molar-refractivity contribution in [2.24, 2.45) is 0 Å². The number of rotatable bonds is 5. The highest BCUT2D eigenvalue weighted by Gasteiger charge is 2.36. The minimum Gasteiger partial charge on any atom is -0.497 e. The van der Waals surface area contributed by atoms with Crippen LogP contribution in [0.5, 0.6) is 5.75 Å². The van der Waals surface area contributed by atoms with Crippen molar-refractivity contribution >= 4 is 39.3 Å². The highest BCUT2D eigenvalue weighted by Crippen LogP contribution is 2.46. The van der Waals surface area contributed by atoms with Gasteiger partial charge in [-0.05, 0) is 35.9 Å². The van der Waals surface area contributed by atoms with Gasteiger partial charge in [-0.3, -0.25) is 4.79 Å². The van der Waals surface area contributed by atoms with Gasteiger partial charge in [-0.15, -0.1) is 0 Å². The molecule has 5 aromatic rings. The van der Waals surface area contributed by atoms with E-state index in [-0.39, 0.29) is 5.91 Å². The van der Waals surface area contributed by atoms with E-state index in [4.69, 9.17) is 10.5 Å². The number of nitrogens with two attached hydrogens (primary N) is 1. The Bertz CT molecular complexity index is 1600. The van der Waals surface area contributed by atoms with Gasteiger partial charge in [-0.2, -0.15) is 0 Å². The summed E-state index contributed by atoms with van der Waals surface area (Å²) in [7, 11) is 1.64. The summed E-state index contributed by atoms with van der Waals surface area (Å²) in [5.41, 5.74) is 13.9. The van der Waals surface area contributed by atoms with Crippen molar-refractivity contribution < 1.29 is 9.53 Å². The van der Waals surface area contributed by atoms with Crippen LogP contribution < -0.4 is 15.4 Å². The van der Waals surface area contributed by atoms with Gasteiger partial charge in [0, 0.05) is 45.1 Å². The van der Waals surface area contributed by atoms with E-state index < -0.39 is 0 Å². The molecule has 0 fully saturated rings. The number of ether oxygens (including phenoxy) is 1. The van der Waals surface area contributed by atoms with Crippen LogP contribution in [0.3, 0.4) is 0 Å². The first-order valence-electron chi connectivity index (χ1n) is 11.9. The fourth-order valence-corrected chi connectivity index (χ4v) is 4.94. The zero-order valence-electron chi connectivity index (χ0n) is 19.9. The lowest BCUT2D eigenvalue weighted by Crippen LogP contribution is -2.26. The highest BCUT2D eigenvalue weighted by molar-refractivity contribution is 6.39. The smallest absolute Gasteiger partial charge is 0.260 e. The number of H-pyrrole nitrogens is 1. The Balaban J connectivity index is 1.63. The molecule has 0 radical (unpaired) electrons. The molecule has 1 amide bonds. The minimum atomic E-state index is -0.0704. The van der Waals surface area contributed by atoms with Crippen LogP contribution in [0.4, 0.5) is 11.4 Å². The van der Waals surface area contributed by atoms with E-state index in [0.717, 1.165) is 44.5 Å². The summed E-state index contributed by atoms with van der Waals surface area (Å²) in [6.07, 6.45) is 0. The number of anilines is 2. The molecule has 6 rings (SSSR count). The summed E-state index contributed by atoms with van der Waals surface area (Å²) in [6, 6.07) is 33.7. The number of nitrogen functional groups attached to an aromatic ring is 1. The third-order valence-electron chi connectivity index (χ3n) is 6.69. The molecule has 0 spiro atoms. The van der Waals surface area contributed by atoms with E-state index in [9.17, 15) is 4.79 Å². The summed E-state index contributed by atoms with van der Waals surface area (Å²) in [6.45, 7) is 0.452. The number of amides is 1. The molecule has 0 aliphatic carbocycles. The van der Waals surface area contributed by atoms with Crippen LogP contribution in [0, 0.1) is 0 Å². The Morgan fingerprint density at radius 2 is 1.64 bits per heavy atom. The normalized spacial score (nSPS) is 14.2. The molecule has 0 atom stereocenters. The van der Waals surface area contributed by atoms with Crippen LogP contribution in [-0.4, -0.2) is 18.0 Å². The summed E-state index contributed by atoms with van der Waals surface area (Å²) >= 11 is 0. The van der Waals surface area contributed by atoms with Gasteiger partial charge in [-0.1, -0.05) is 66.7 Å². The zero-order valence-corrected chi connectivity index (χ0v) is 19.9. The monoisotopic (exact) mass is 471 g/mol. The number of hydrogen-bond donors (Lipinski definition) is 2. The van der Waals surface area contributed by atoms with Crippen LogP contribution in [0.15, 0.2) is 103 Å². The number of hydrogen-bond acceptors (Lipinski definition) is 3. The number of nitrogens with one attached hydrogen (secondary N) is 1. The molecule has 0 unspecified atom stereocenters. The maximum atomic E-state index is 14.3. The minimum absolute atomic E-state index is 0.0704. The average molecular weight is 472 g/mol. The topological polar surface area (TPSA) is 71.3 Å². The fourth-order valence-electron chi connectivity index (χ4n) is 4.94. The number of aromatic amines is 1. The lowest BCUT2D eigenvalue weighted by molar-refractivity contribution is -0.113. The van der Waals surface area contributed by atoms with Gasteiger partial charge < -0.3 is 20.4 Å². The molecule has 176 valence electrons. The van der Waals surface area contributed by atoms with Crippen molar-refractivity contribution in [2.45, 2.75) is 6.54 Å². The number of para-hydroxylation sites is 2. The van der Waals surface area contributed by atoms with Crippen LogP contribution in [-0.2, 0) is 11.3 Å². The SMILES string of the molecule is COc1ccc2c(c1)N(Cc1ccccc1)C(=O)C2=C(c1cc2ccccc2[nH]1)c1ccccc1N. The average Bonchev–Trinajstić information content (AvgIpc) is 3.45. The Labute approximate surface area is 209 Å². The molecule has 5 nitrogen and oxygen atoms in total. The molecule has 0 saturated heterocycles. The van der Waals surface area contributed by atoms with Gasteiger partial charge in [0.05, 0.1) is 24.9 Å². The van der Waals surface area contributed by atoms with Crippen molar-refractivity contribution in [2.75, 3.05) is 17.7 Å². The highest BCUT2D eigenvalue weighted by atomic mass is 16.5. The molecular weight excluding hydrogens is 446 g/mol. The van der Waals surface area contributed by atoms with Gasteiger partial charge in [-0.25, -0.2) is 0 Å². The van der Waals surface area contributed by atoms with E-state index >= 15 is 0 Å².